The van der Waals surface area contributed by atoms with E-state index in [4.69, 9.17) is 28.7 Å². The molecule has 18 heteroatoms. The van der Waals surface area contributed by atoms with Crippen LogP contribution in [-0.2, 0) is 70.8 Å². The first-order chi connectivity index (χ1) is 12.2. The van der Waals surface area contributed by atoms with Crippen molar-refractivity contribution in [2.45, 2.75) is 0 Å². The summed E-state index contributed by atoms with van der Waals surface area (Å²) >= 11 is 1.17. The number of hydrogen-bond acceptors (Lipinski definition) is 13. The summed E-state index contributed by atoms with van der Waals surface area (Å²) in [5.41, 5.74) is 29.6. The SMILES string of the molecule is NCCNCCN.NCCNCCN.NCC[NH2+]CC[NH3+].[Co+2].[SH-].[SH-].[SH-].[SH-].[S]1[Ge][S][Ge]1. The van der Waals surface area contributed by atoms with Gasteiger partial charge in [0, 0.05) is 58.9 Å². The maximum absolute atomic E-state index is 5.22. The Kier molecular flexibility index (Phi) is 115. The molecule has 1 heterocycles. The molecule has 1 aliphatic rings. The first-order valence-corrected chi connectivity index (χ1v) is 20.5. The molecular weight excluding hydrogens is 667 g/mol. The summed E-state index contributed by atoms with van der Waals surface area (Å²) in [6.07, 6.45) is 0. The van der Waals surface area contributed by atoms with Crippen molar-refractivity contribution in [3.63, 3.8) is 0 Å². The van der Waals surface area contributed by atoms with Gasteiger partial charge in [-0.15, -0.1) is 0 Å². The van der Waals surface area contributed by atoms with Crippen LogP contribution in [0.15, 0.2) is 0 Å². The van der Waals surface area contributed by atoms with Crippen LogP contribution in [0.1, 0.15) is 0 Å². The van der Waals surface area contributed by atoms with Crippen LogP contribution in [0, 0.1) is 0 Å². The first kappa shape index (κ1) is 54.3. The number of nitrogens with one attached hydrogen (secondary N) is 2. The second-order valence-corrected chi connectivity index (χ2v) is 28.5. The van der Waals surface area contributed by atoms with Crippen molar-refractivity contribution < 1.29 is 27.8 Å². The first-order valence-electron chi connectivity index (χ1n) is 8.59. The van der Waals surface area contributed by atoms with E-state index in [1.807, 2.05) is 0 Å². The van der Waals surface area contributed by atoms with Crippen LogP contribution in [0.5, 0.6) is 0 Å². The van der Waals surface area contributed by atoms with Crippen LogP contribution < -0.4 is 50.4 Å². The van der Waals surface area contributed by atoms with Crippen molar-refractivity contribution >= 4 is 97.1 Å². The van der Waals surface area contributed by atoms with E-state index < -0.39 is 0 Å². The predicted octanol–water partition coefficient (Wildman–Crippen LogP) is -6.81. The molecule has 1 rings (SSSR count). The Morgan fingerprint density at radius 1 is 0.633 bits per heavy atom. The standard InChI is InChI=1S/3C4H13N3.Co.Ge2S2.4H2S/c3*5-1-3-7-4-2-6;;1-3-2-4-1;;;;/h3*7H,1-6H2;;;4*1H2/q;;;+2;;;;;/p-2. The Balaban J connectivity index is -0.0000000343. The van der Waals surface area contributed by atoms with E-state index in [-0.39, 0.29) is 70.8 Å². The van der Waals surface area contributed by atoms with Gasteiger partial charge < -0.3 is 104 Å². The van der Waals surface area contributed by atoms with Crippen LogP contribution in [0.25, 0.3) is 0 Å². The molecule has 0 spiro atoms. The Morgan fingerprint density at radius 2 is 0.933 bits per heavy atom. The molecule has 5 radical (unpaired) electrons. The molecule has 9 nitrogen and oxygen atoms in total. The molecule has 1 aliphatic heterocycles. The third kappa shape index (κ3) is 77.1. The van der Waals surface area contributed by atoms with Crippen molar-refractivity contribution in [1.29, 1.82) is 0 Å². The van der Waals surface area contributed by atoms with Gasteiger partial charge in [-0.1, -0.05) is 0 Å². The molecule has 0 aromatic carbocycles. The van der Waals surface area contributed by atoms with E-state index >= 15 is 0 Å². The number of quaternary nitrogens is 2. The Morgan fingerprint density at radius 3 is 1.10 bits per heavy atom. The molecule has 0 atom stereocenters. The second kappa shape index (κ2) is 63.6. The minimum atomic E-state index is 0. The third-order valence-electron chi connectivity index (χ3n) is 2.23. The van der Waals surface area contributed by atoms with Gasteiger partial charge in [-0.2, -0.15) is 0 Å². The average molecular weight is 712 g/mol. The Labute approximate surface area is 240 Å². The van der Waals surface area contributed by atoms with Gasteiger partial charge in [-0.3, -0.25) is 0 Å². The summed E-state index contributed by atoms with van der Waals surface area (Å²) in [4.78, 5) is 0. The van der Waals surface area contributed by atoms with Gasteiger partial charge in [0.1, 0.15) is 13.1 Å². The van der Waals surface area contributed by atoms with E-state index in [9.17, 15) is 0 Å². The molecule has 17 N–H and O–H groups in total. The topological polar surface area (TPSA) is 198 Å². The van der Waals surface area contributed by atoms with Crippen molar-refractivity contribution in [2.75, 3.05) is 78.5 Å². The number of hydrogen-bond donors (Lipinski definition) is 9. The third-order valence-corrected chi connectivity index (χ3v) is 42.6. The van der Waals surface area contributed by atoms with E-state index in [0.29, 0.717) is 52.5 Å². The fourth-order valence-corrected chi connectivity index (χ4v) is 11.2. The fraction of sp³-hybridized carbons (Fsp3) is 1.00. The van der Waals surface area contributed by atoms with Crippen LogP contribution in [0.4, 0.5) is 0 Å². The Bertz CT molecular complexity index is 176. The van der Waals surface area contributed by atoms with Gasteiger partial charge in [-0.05, 0) is 0 Å². The van der Waals surface area contributed by atoms with Crippen molar-refractivity contribution in [3.05, 3.63) is 0 Å². The summed E-state index contributed by atoms with van der Waals surface area (Å²) in [5.74, 6) is 0. The van der Waals surface area contributed by atoms with Gasteiger partial charge in [0.25, 0.3) is 0 Å². The fourth-order valence-electron chi connectivity index (χ4n) is 1.11. The molecule has 0 unspecified atom stereocenters. The summed E-state index contributed by atoms with van der Waals surface area (Å²) < 4.78 is 0. The average Bonchev–Trinajstić information content (AvgIpc) is 2.56. The summed E-state index contributed by atoms with van der Waals surface area (Å²) in [7, 11) is 4.50. The van der Waals surface area contributed by atoms with Crippen LogP contribution in [0.2, 0.25) is 0 Å². The minimum absolute atomic E-state index is 0. The molecule has 0 aliphatic carbocycles. The molecule has 30 heavy (non-hydrogen) atoms. The van der Waals surface area contributed by atoms with Crippen LogP contribution >= 0.6 is 16.8 Å². The predicted molar refractivity (Wildman–Crippen MR) is 152 cm³/mol. The van der Waals surface area contributed by atoms with Crippen LogP contribution in [-0.4, -0.2) is 105 Å². The van der Waals surface area contributed by atoms with Crippen LogP contribution in [0.3, 0.4) is 0 Å². The molecule has 0 aromatic rings. The maximum atomic E-state index is 5.22. The van der Waals surface area contributed by atoms with E-state index in [2.05, 4.69) is 38.5 Å². The number of nitrogens with two attached hydrogens (primary N) is 6. The summed E-state index contributed by atoms with van der Waals surface area (Å²) in [5, 5.41) is 8.24. The molecule has 0 saturated carbocycles. The molecule has 0 aromatic heterocycles. The van der Waals surface area contributed by atoms with Gasteiger partial charge >= 0.3 is 59.9 Å². The normalized spacial score (nSPS) is 9.80. The van der Waals surface area contributed by atoms with Crippen molar-refractivity contribution in [2.24, 2.45) is 28.7 Å². The van der Waals surface area contributed by atoms with E-state index in [1.54, 1.807) is 0 Å². The van der Waals surface area contributed by atoms with Crippen molar-refractivity contribution in [3.8, 4) is 0 Å². The molecule has 0 amide bonds. The van der Waals surface area contributed by atoms with Gasteiger partial charge in [0.2, 0.25) is 0 Å². The summed E-state index contributed by atoms with van der Waals surface area (Å²) in [6.45, 7) is 10.2. The number of thiol groups is 4. The van der Waals surface area contributed by atoms with Crippen molar-refractivity contribution in [1.82, 2.24) is 10.6 Å². The molecule has 0 bridgehead atoms. The molecular formula is C12H45CoGe2N9S6. The summed E-state index contributed by atoms with van der Waals surface area (Å²) in [6, 6.07) is 0. The molecule has 1 saturated heterocycles. The zero-order valence-electron chi connectivity index (χ0n) is 17.6. The molecule has 1 fully saturated rings. The van der Waals surface area contributed by atoms with E-state index in [1.165, 1.54) is 0 Å². The van der Waals surface area contributed by atoms with Gasteiger partial charge in [0.15, 0.2) is 0 Å². The second-order valence-electron chi connectivity index (χ2n) is 4.53. The quantitative estimate of drug-likeness (QED) is 0.0401. The van der Waals surface area contributed by atoms with E-state index in [0.717, 1.165) is 52.4 Å². The molecule has 191 valence electrons. The van der Waals surface area contributed by atoms with Gasteiger partial charge in [-0.25, -0.2) is 0 Å². The van der Waals surface area contributed by atoms with Gasteiger partial charge in [0.05, 0.1) is 6.54 Å². The zero-order chi connectivity index (χ0) is 19.4. The Hall–Kier alpha value is 3.33. The monoisotopic (exact) mass is 714 g/mol. The number of rotatable bonds is 12. The zero-order valence-corrected chi connectivity index (χ0v) is 28.0.